The van der Waals surface area contributed by atoms with Crippen LogP contribution in [0.15, 0.2) is 24.3 Å². The minimum atomic E-state index is -0.571. The van der Waals surface area contributed by atoms with Gasteiger partial charge < -0.3 is 21.9 Å². The Bertz CT molecular complexity index is 404. The quantitative estimate of drug-likeness (QED) is 0.289. The summed E-state index contributed by atoms with van der Waals surface area (Å²) in [5, 5.41) is 0. The van der Waals surface area contributed by atoms with Gasteiger partial charge in [-0.15, -0.1) is 0 Å². The van der Waals surface area contributed by atoms with Crippen LogP contribution in [-0.4, -0.2) is 5.97 Å². The fraction of sp³-hybridized carbons (Fsp3) is 0.100. The summed E-state index contributed by atoms with van der Waals surface area (Å²) < 4.78 is 4.95. The Morgan fingerprint density at radius 1 is 1.27 bits per heavy atom. The van der Waals surface area contributed by atoms with Crippen LogP contribution < -0.4 is 21.9 Å². The predicted octanol–water partition coefficient (Wildman–Crippen LogP) is 0.915. The molecule has 0 amide bonds. The second-order valence-electron chi connectivity index (χ2n) is 3.20. The van der Waals surface area contributed by atoms with E-state index in [4.69, 9.17) is 21.9 Å². The largest absolute Gasteiger partial charge is 0.419 e. The van der Waals surface area contributed by atoms with Crippen LogP contribution in [0.3, 0.4) is 0 Å². The van der Waals surface area contributed by atoms with E-state index in [0.29, 0.717) is 5.69 Å². The molecule has 5 nitrogen and oxygen atoms in total. The first-order valence-electron chi connectivity index (χ1n) is 4.24. The van der Waals surface area contributed by atoms with Gasteiger partial charge in [-0.2, -0.15) is 0 Å². The van der Waals surface area contributed by atoms with Crippen molar-refractivity contribution in [3.05, 3.63) is 24.3 Å². The van der Waals surface area contributed by atoms with E-state index >= 15 is 0 Å². The van der Waals surface area contributed by atoms with Crippen molar-refractivity contribution in [2.24, 2.45) is 0 Å². The Morgan fingerprint density at radius 3 is 2.13 bits per heavy atom. The summed E-state index contributed by atoms with van der Waals surface area (Å²) in [6.45, 7) is 4.98. The van der Waals surface area contributed by atoms with E-state index in [0.717, 1.165) is 0 Å². The standard InChI is InChI=1S/C10H13N3O2/c1-5(2)10(14)15-9-7(12)3-6(11)4-8(9)13/h3-4H,1,11-13H2,2H3. The van der Waals surface area contributed by atoms with Crippen LogP contribution in [0.25, 0.3) is 0 Å². The topological polar surface area (TPSA) is 104 Å². The van der Waals surface area contributed by atoms with Gasteiger partial charge in [-0.05, 0) is 19.1 Å². The van der Waals surface area contributed by atoms with Gasteiger partial charge in [-0.3, -0.25) is 0 Å². The molecule has 15 heavy (non-hydrogen) atoms. The Morgan fingerprint density at radius 2 is 1.73 bits per heavy atom. The van der Waals surface area contributed by atoms with Gasteiger partial charge >= 0.3 is 5.97 Å². The summed E-state index contributed by atoms with van der Waals surface area (Å²) >= 11 is 0. The van der Waals surface area contributed by atoms with Crippen molar-refractivity contribution in [3.63, 3.8) is 0 Å². The summed E-state index contributed by atoms with van der Waals surface area (Å²) in [6.07, 6.45) is 0. The second-order valence-corrected chi connectivity index (χ2v) is 3.20. The van der Waals surface area contributed by atoms with E-state index < -0.39 is 5.97 Å². The van der Waals surface area contributed by atoms with E-state index in [9.17, 15) is 4.79 Å². The molecule has 5 heteroatoms. The van der Waals surface area contributed by atoms with Crippen molar-refractivity contribution in [2.45, 2.75) is 6.92 Å². The molecule has 6 N–H and O–H groups in total. The lowest BCUT2D eigenvalue weighted by atomic mass is 10.2. The number of nitrogens with two attached hydrogens (primary N) is 3. The molecule has 0 aliphatic heterocycles. The van der Waals surface area contributed by atoms with Crippen molar-refractivity contribution in [1.29, 1.82) is 0 Å². The molecular formula is C10H13N3O2. The molecule has 0 spiro atoms. The molecular weight excluding hydrogens is 194 g/mol. The van der Waals surface area contributed by atoms with Gasteiger partial charge in [-0.25, -0.2) is 4.79 Å². The normalized spacial score (nSPS) is 9.67. The molecule has 0 atom stereocenters. The highest BCUT2D eigenvalue weighted by Gasteiger charge is 2.12. The lowest BCUT2D eigenvalue weighted by Crippen LogP contribution is -2.11. The van der Waals surface area contributed by atoms with Crippen molar-refractivity contribution in [1.82, 2.24) is 0 Å². The SMILES string of the molecule is C=C(C)C(=O)Oc1c(N)cc(N)cc1N. The Kier molecular flexibility index (Phi) is 2.85. The number of rotatable bonds is 2. The molecule has 0 saturated carbocycles. The molecule has 1 aromatic rings. The summed E-state index contributed by atoms with van der Waals surface area (Å²) in [4.78, 5) is 11.2. The lowest BCUT2D eigenvalue weighted by molar-refractivity contribution is -0.129. The second kappa shape index (κ2) is 3.91. The first-order valence-corrected chi connectivity index (χ1v) is 4.24. The molecule has 0 bridgehead atoms. The van der Waals surface area contributed by atoms with Crippen LogP contribution >= 0.6 is 0 Å². The summed E-state index contributed by atoms with van der Waals surface area (Å²) in [5.74, 6) is -0.449. The number of nitrogen functional groups attached to an aromatic ring is 3. The monoisotopic (exact) mass is 207 g/mol. The number of hydrogen-bond donors (Lipinski definition) is 3. The molecule has 0 unspecified atom stereocenters. The molecule has 0 fully saturated rings. The van der Waals surface area contributed by atoms with Gasteiger partial charge in [0.2, 0.25) is 0 Å². The number of benzene rings is 1. The first-order chi connectivity index (χ1) is 6.91. The van der Waals surface area contributed by atoms with Crippen LogP contribution in [0.4, 0.5) is 17.1 Å². The van der Waals surface area contributed by atoms with Crippen LogP contribution in [0, 0.1) is 0 Å². The summed E-state index contributed by atoms with van der Waals surface area (Å²) in [5.41, 5.74) is 17.8. The molecule has 0 radical (unpaired) electrons. The highest BCUT2D eigenvalue weighted by molar-refractivity contribution is 5.91. The van der Waals surface area contributed by atoms with Crippen LogP contribution in [0.5, 0.6) is 5.75 Å². The first kappa shape index (κ1) is 10.9. The Hall–Kier alpha value is -2.17. The molecule has 0 heterocycles. The van der Waals surface area contributed by atoms with Gasteiger partial charge in [0.05, 0.1) is 11.4 Å². The van der Waals surface area contributed by atoms with Gasteiger partial charge in [-0.1, -0.05) is 6.58 Å². The minimum Gasteiger partial charge on any atom is -0.419 e. The van der Waals surface area contributed by atoms with Crippen molar-refractivity contribution < 1.29 is 9.53 Å². The molecule has 0 aromatic heterocycles. The van der Waals surface area contributed by atoms with E-state index in [1.165, 1.54) is 19.1 Å². The summed E-state index contributed by atoms with van der Waals surface area (Å²) in [7, 11) is 0. The third-order valence-corrected chi connectivity index (χ3v) is 1.71. The smallest absolute Gasteiger partial charge is 0.338 e. The number of anilines is 3. The molecule has 0 aliphatic rings. The highest BCUT2D eigenvalue weighted by Crippen LogP contribution is 2.31. The zero-order valence-corrected chi connectivity index (χ0v) is 8.41. The number of ether oxygens (including phenoxy) is 1. The Labute approximate surface area is 87.5 Å². The van der Waals surface area contributed by atoms with Crippen LogP contribution in [-0.2, 0) is 4.79 Å². The van der Waals surface area contributed by atoms with Crippen molar-refractivity contribution >= 4 is 23.0 Å². The van der Waals surface area contributed by atoms with Crippen molar-refractivity contribution in [3.8, 4) is 5.75 Å². The number of esters is 1. The molecule has 1 aromatic carbocycles. The fourth-order valence-electron chi connectivity index (χ4n) is 0.996. The van der Waals surface area contributed by atoms with Crippen molar-refractivity contribution in [2.75, 3.05) is 17.2 Å². The highest BCUT2D eigenvalue weighted by atomic mass is 16.5. The number of carbonyl (C=O) groups is 1. The third-order valence-electron chi connectivity index (χ3n) is 1.71. The Balaban J connectivity index is 3.05. The number of hydrogen-bond acceptors (Lipinski definition) is 5. The molecule has 1 rings (SSSR count). The summed E-state index contributed by atoms with van der Waals surface area (Å²) in [6, 6.07) is 2.94. The average Bonchev–Trinajstić information content (AvgIpc) is 2.10. The predicted molar refractivity (Wildman–Crippen MR) is 60.1 cm³/mol. The maximum atomic E-state index is 11.2. The maximum Gasteiger partial charge on any atom is 0.338 e. The number of carbonyl (C=O) groups excluding carboxylic acids is 1. The fourth-order valence-corrected chi connectivity index (χ4v) is 0.996. The van der Waals surface area contributed by atoms with E-state index in [1.54, 1.807) is 0 Å². The van der Waals surface area contributed by atoms with E-state index in [-0.39, 0.29) is 22.7 Å². The third kappa shape index (κ3) is 2.40. The molecule has 0 aliphatic carbocycles. The van der Waals surface area contributed by atoms with Gasteiger partial charge in [0, 0.05) is 11.3 Å². The lowest BCUT2D eigenvalue weighted by Gasteiger charge is -2.10. The minimum absolute atomic E-state index is 0.122. The van der Waals surface area contributed by atoms with Gasteiger partial charge in [0.1, 0.15) is 0 Å². The van der Waals surface area contributed by atoms with Crippen LogP contribution in [0.2, 0.25) is 0 Å². The van der Waals surface area contributed by atoms with Gasteiger partial charge in [0.25, 0.3) is 0 Å². The van der Waals surface area contributed by atoms with E-state index in [2.05, 4.69) is 6.58 Å². The van der Waals surface area contributed by atoms with E-state index in [1.807, 2.05) is 0 Å². The maximum absolute atomic E-state index is 11.2. The zero-order valence-electron chi connectivity index (χ0n) is 8.41. The molecule has 0 saturated heterocycles. The zero-order chi connectivity index (χ0) is 11.6. The van der Waals surface area contributed by atoms with Gasteiger partial charge in [0.15, 0.2) is 5.75 Å². The van der Waals surface area contributed by atoms with Crippen LogP contribution in [0.1, 0.15) is 6.92 Å². The average molecular weight is 207 g/mol. The molecule has 80 valence electrons.